The summed E-state index contributed by atoms with van der Waals surface area (Å²) in [4.78, 5) is 12.1. The Labute approximate surface area is 131 Å². The zero-order chi connectivity index (χ0) is 16.2. The second-order valence-corrected chi connectivity index (χ2v) is 6.40. The molecule has 1 heterocycles. The van der Waals surface area contributed by atoms with Crippen molar-refractivity contribution < 1.29 is 14.3 Å². The lowest BCUT2D eigenvalue weighted by Crippen LogP contribution is -2.25. The smallest absolute Gasteiger partial charge is 0.251 e. The minimum absolute atomic E-state index is 0.0716. The van der Waals surface area contributed by atoms with Crippen LogP contribution in [-0.2, 0) is 5.41 Å². The van der Waals surface area contributed by atoms with Gasteiger partial charge in [-0.1, -0.05) is 32.9 Å². The van der Waals surface area contributed by atoms with Gasteiger partial charge in [-0.3, -0.25) is 4.79 Å². The quantitative estimate of drug-likeness (QED) is 0.889. The van der Waals surface area contributed by atoms with Crippen molar-refractivity contribution >= 4 is 5.91 Å². The van der Waals surface area contributed by atoms with Crippen molar-refractivity contribution in [2.75, 3.05) is 6.54 Å². The van der Waals surface area contributed by atoms with Gasteiger partial charge in [-0.25, -0.2) is 0 Å². The van der Waals surface area contributed by atoms with E-state index in [1.807, 2.05) is 24.3 Å². The number of carbonyl (C=O) groups excluding carboxylic acids is 1. The monoisotopic (exact) mass is 301 g/mol. The van der Waals surface area contributed by atoms with Crippen LogP contribution >= 0.6 is 0 Å². The second-order valence-electron chi connectivity index (χ2n) is 6.40. The van der Waals surface area contributed by atoms with Crippen molar-refractivity contribution in [3.63, 3.8) is 0 Å². The maximum Gasteiger partial charge on any atom is 0.251 e. The third-order valence-corrected chi connectivity index (χ3v) is 3.59. The number of rotatable bonds is 5. The van der Waals surface area contributed by atoms with E-state index in [0.29, 0.717) is 24.3 Å². The summed E-state index contributed by atoms with van der Waals surface area (Å²) in [5.41, 5.74) is 1.89. The number of furan rings is 1. The molecule has 2 N–H and O–H groups in total. The SMILES string of the molecule is CC(C)(C)c1ccc(C(=O)NCCC(O)c2ccco2)cc1. The Hall–Kier alpha value is -2.07. The predicted octanol–water partition coefficient (Wildman–Crippen LogP) is 3.43. The lowest BCUT2D eigenvalue weighted by Gasteiger charge is -2.19. The molecular weight excluding hydrogens is 278 g/mol. The van der Waals surface area contributed by atoms with Gasteiger partial charge in [0.05, 0.1) is 6.26 Å². The van der Waals surface area contributed by atoms with Gasteiger partial charge in [0, 0.05) is 12.1 Å². The van der Waals surface area contributed by atoms with Crippen LogP contribution in [0.4, 0.5) is 0 Å². The van der Waals surface area contributed by atoms with E-state index in [0.717, 1.165) is 0 Å². The van der Waals surface area contributed by atoms with Crippen LogP contribution in [0, 0.1) is 0 Å². The van der Waals surface area contributed by atoms with E-state index in [1.54, 1.807) is 12.1 Å². The third kappa shape index (κ3) is 4.21. The van der Waals surface area contributed by atoms with Crippen molar-refractivity contribution in [3.8, 4) is 0 Å². The van der Waals surface area contributed by atoms with Crippen molar-refractivity contribution in [1.29, 1.82) is 0 Å². The summed E-state index contributed by atoms with van der Waals surface area (Å²) in [5.74, 6) is 0.385. The first-order valence-corrected chi connectivity index (χ1v) is 7.48. The summed E-state index contributed by atoms with van der Waals surface area (Å²) in [6.45, 7) is 6.80. The Kier molecular flexibility index (Phi) is 5.03. The summed E-state index contributed by atoms with van der Waals surface area (Å²) >= 11 is 0. The van der Waals surface area contributed by atoms with Crippen LogP contribution in [0.25, 0.3) is 0 Å². The Morgan fingerprint density at radius 1 is 1.23 bits per heavy atom. The van der Waals surface area contributed by atoms with Crippen molar-refractivity contribution in [3.05, 3.63) is 59.5 Å². The molecule has 2 rings (SSSR count). The Bertz CT molecular complexity index is 594. The van der Waals surface area contributed by atoms with Gasteiger partial charge in [0.1, 0.15) is 11.9 Å². The lowest BCUT2D eigenvalue weighted by molar-refractivity contribution is 0.0936. The normalized spacial score (nSPS) is 12.9. The molecule has 0 bridgehead atoms. The molecule has 22 heavy (non-hydrogen) atoms. The molecule has 1 aromatic heterocycles. The summed E-state index contributed by atoms with van der Waals surface area (Å²) in [6.07, 6.45) is 1.24. The maximum absolute atomic E-state index is 12.1. The number of nitrogens with one attached hydrogen (secondary N) is 1. The van der Waals surface area contributed by atoms with Crippen LogP contribution in [0.3, 0.4) is 0 Å². The van der Waals surface area contributed by atoms with Crippen molar-refractivity contribution in [1.82, 2.24) is 5.32 Å². The molecule has 4 nitrogen and oxygen atoms in total. The van der Waals surface area contributed by atoms with Crippen LogP contribution in [0.5, 0.6) is 0 Å². The van der Waals surface area contributed by atoms with Crippen LogP contribution in [0.15, 0.2) is 47.1 Å². The van der Waals surface area contributed by atoms with Crippen LogP contribution in [0.2, 0.25) is 0 Å². The number of aliphatic hydroxyl groups is 1. The fourth-order valence-electron chi connectivity index (χ4n) is 2.17. The van der Waals surface area contributed by atoms with E-state index < -0.39 is 6.10 Å². The van der Waals surface area contributed by atoms with Gasteiger partial charge >= 0.3 is 0 Å². The molecule has 0 saturated heterocycles. The Morgan fingerprint density at radius 3 is 2.45 bits per heavy atom. The van der Waals surface area contributed by atoms with Crippen LogP contribution in [-0.4, -0.2) is 17.6 Å². The molecular formula is C18H23NO3. The number of amides is 1. The van der Waals surface area contributed by atoms with Crippen LogP contribution in [0.1, 0.15) is 55.0 Å². The highest BCUT2D eigenvalue weighted by Crippen LogP contribution is 2.22. The molecule has 1 amide bonds. The molecule has 0 spiro atoms. The summed E-state index contributed by atoms with van der Waals surface area (Å²) in [6, 6.07) is 11.1. The average molecular weight is 301 g/mol. The molecule has 0 aliphatic heterocycles. The topological polar surface area (TPSA) is 62.5 Å². The first-order chi connectivity index (χ1) is 10.4. The van der Waals surface area contributed by atoms with E-state index in [4.69, 9.17) is 4.42 Å². The zero-order valence-corrected chi connectivity index (χ0v) is 13.3. The van der Waals surface area contributed by atoms with Gasteiger partial charge in [0.2, 0.25) is 0 Å². The highest BCUT2D eigenvalue weighted by Gasteiger charge is 2.15. The molecule has 118 valence electrons. The molecule has 1 aromatic carbocycles. The molecule has 0 aliphatic carbocycles. The maximum atomic E-state index is 12.1. The van der Waals surface area contributed by atoms with Crippen LogP contribution < -0.4 is 5.32 Å². The summed E-state index contributed by atoms with van der Waals surface area (Å²) in [5, 5.41) is 12.7. The molecule has 4 heteroatoms. The fraction of sp³-hybridized carbons (Fsp3) is 0.389. The van der Waals surface area contributed by atoms with Gasteiger partial charge in [0.15, 0.2) is 0 Å². The number of hydrogen-bond donors (Lipinski definition) is 2. The van der Waals surface area contributed by atoms with E-state index in [-0.39, 0.29) is 11.3 Å². The molecule has 0 saturated carbocycles. The van der Waals surface area contributed by atoms with E-state index in [9.17, 15) is 9.90 Å². The molecule has 2 aromatic rings. The minimum atomic E-state index is -0.696. The highest BCUT2D eigenvalue weighted by molar-refractivity contribution is 5.94. The molecule has 1 atom stereocenters. The van der Waals surface area contributed by atoms with E-state index in [1.165, 1.54) is 11.8 Å². The van der Waals surface area contributed by atoms with E-state index in [2.05, 4.69) is 26.1 Å². The summed E-state index contributed by atoms with van der Waals surface area (Å²) in [7, 11) is 0. The first-order valence-electron chi connectivity index (χ1n) is 7.48. The first kappa shape index (κ1) is 16.3. The third-order valence-electron chi connectivity index (χ3n) is 3.59. The predicted molar refractivity (Wildman–Crippen MR) is 85.8 cm³/mol. The van der Waals surface area contributed by atoms with Crippen molar-refractivity contribution in [2.24, 2.45) is 0 Å². The van der Waals surface area contributed by atoms with Gasteiger partial charge in [-0.2, -0.15) is 0 Å². The Morgan fingerprint density at radius 2 is 1.91 bits per heavy atom. The lowest BCUT2D eigenvalue weighted by atomic mass is 9.87. The molecule has 0 radical (unpaired) electrons. The van der Waals surface area contributed by atoms with Gasteiger partial charge in [-0.05, 0) is 41.7 Å². The highest BCUT2D eigenvalue weighted by atomic mass is 16.4. The molecule has 1 unspecified atom stereocenters. The van der Waals surface area contributed by atoms with Gasteiger partial charge in [0.25, 0.3) is 5.91 Å². The standard InChI is InChI=1S/C18H23NO3/c1-18(2,3)14-8-6-13(7-9-14)17(21)19-11-10-15(20)16-5-4-12-22-16/h4-9,12,15,20H,10-11H2,1-3H3,(H,19,21). The zero-order valence-electron chi connectivity index (χ0n) is 13.3. The Balaban J connectivity index is 1.85. The minimum Gasteiger partial charge on any atom is -0.467 e. The van der Waals surface area contributed by atoms with Gasteiger partial charge in [-0.15, -0.1) is 0 Å². The largest absolute Gasteiger partial charge is 0.467 e. The van der Waals surface area contributed by atoms with Gasteiger partial charge < -0.3 is 14.8 Å². The summed E-state index contributed by atoms with van der Waals surface area (Å²) < 4.78 is 5.12. The van der Waals surface area contributed by atoms with Crippen molar-refractivity contribution in [2.45, 2.75) is 38.7 Å². The molecule has 0 aliphatic rings. The molecule has 0 fully saturated rings. The fourth-order valence-corrected chi connectivity index (χ4v) is 2.17. The number of aliphatic hydroxyl groups excluding tert-OH is 1. The number of carbonyl (C=O) groups is 1. The number of hydrogen-bond acceptors (Lipinski definition) is 3. The number of benzene rings is 1. The van der Waals surface area contributed by atoms with E-state index >= 15 is 0 Å². The average Bonchev–Trinajstić information content (AvgIpc) is 3.00. The second kappa shape index (κ2) is 6.79.